The van der Waals surface area contributed by atoms with E-state index in [0.717, 1.165) is 0 Å². The standard InChI is InChI=1S/C9H10OS2/c10-8-3-1-7(2-4-8)9-11-5-6-12-9/h1-4,9-10H,5-6H2. The maximum Gasteiger partial charge on any atom is 0.115 e. The summed E-state index contributed by atoms with van der Waals surface area (Å²) in [4.78, 5) is 0. The van der Waals surface area contributed by atoms with Gasteiger partial charge in [0.25, 0.3) is 0 Å². The zero-order valence-corrected chi connectivity index (χ0v) is 8.20. The van der Waals surface area contributed by atoms with Crippen LogP contribution in [0.2, 0.25) is 0 Å². The fourth-order valence-electron chi connectivity index (χ4n) is 1.18. The van der Waals surface area contributed by atoms with E-state index in [1.54, 1.807) is 12.1 Å². The number of thioether (sulfide) groups is 2. The summed E-state index contributed by atoms with van der Waals surface area (Å²) in [7, 11) is 0. The number of benzene rings is 1. The van der Waals surface area contributed by atoms with Gasteiger partial charge < -0.3 is 5.11 Å². The lowest BCUT2D eigenvalue weighted by Crippen LogP contribution is -1.82. The van der Waals surface area contributed by atoms with E-state index in [9.17, 15) is 0 Å². The highest BCUT2D eigenvalue weighted by molar-refractivity contribution is 8.19. The van der Waals surface area contributed by atoms with Crippen LogP contribution in [0.1, 0.15) is 10.1 Å². The average Bonchev–Trinajstić information content (AvgIpc) is 2.58. The molecule has 0 atom stereocenters. The van der Waals surface area contributed by atoms with E-state index < -0.39 is 0 Å². The molecule has 0 aromatic heterocycles. The van der Waals surface area contributed by atoms with Crippen LogP contribution in [-0.4, -0.2) is 16.6 Å². The van der Waals surface area contributed by atoms with Gasteiger partial charge in [0.15, 0.2) is 0 Å². The maximum absolute atomic E-state index is 9.09. The number of phenols is 1. The minimum absolute atomic E-state index is 0.353. The maximum atomic E-state index is 9.09. The lowest BCUT2D eigenvalue weighted by atomic mass is 10.2. The summed E-state index contributed by atoms with van der Waals surface area (Å²) in [6.07, 6.45) is 0. The number of phenolic OH excluding ortho intramolecular Hbond substituents is 1. The molecule has 1 aliphatic rings. The van der Waals surface area contributed by atoms with Gasteiger partial charge in [0, 0.05) is 11.5 Å². The second kappa shape index (κ2) is 3.62. The second-order valence-corrected chi connectivity index (χ2v) is 5.39. The Kier molecular flexibility index (Phi) is 2.51. The molecule has 1 nitrogen and oxygen atoms in total. The largest absolute Gasteiger partial charge is 0.508 e. The molecule has 12 heavy (non-hydrogen) atoms. The zero-order chi connectivity index (χ0) is 8.39. The summed E-state index contributed by atoms with van der Waals surface area (Å²) in [5.74, 6) is 2.85. The normalized spacial score (nSPS) is 18.3. The van der Waals surface area contributed by atoms with Gasteiger partial charge in [-0.15, -0.1) is 23.5 Å². The van der Waals surface area contributed by atoms with Crippen LogP contribution in [0.3, 0.4) is 0 Å². The van der Waals surface area contributed by atoms with Gasteiger partial charge in [0.05, 0.1) is 4.58 Å². The molecule has 1 saturated heterocycles. The van der Waals surface area contributed by atoms with Crippen molar-refractivity contribution in [2.75, 3.05) is 11.5 Å². The van der Waals surface area contributed by atoms with Crippen molar-refractivity contribution in [1.82, 2.24) is 0 Å². The summed E-state index contributed by atoms with van der Waals surface area (Å²) < 4.78 is 0.589. The van der Waals surface area contributed by atoms with E-state index in [-0.39, 0.29) is 0 Å². The molecule has 1 aromatic rings. The van der Waals surface area contributed by atoms with E-state index >= 15 is 0 Å². The molecule has 0 saturated carbocycles. The summed E-state index contributed by atoms with van der Waals surface area (Å²) in [5.41, 5.74) is 1.32. The highest BCUT2D eigenvalue weighted by Gasteiger charge is 2.17. The predicted molar refractivity (Wildman–Crippen MR) is 55.8 cm³/mol. The summed E-state index contributed by atoms with van der Waals surface area (Å²) in [6.45, 7) is 0. The number of aromatic hydroxyl groups is 1. The molecule has 0 radical (unpaired) electrons. The molecule has 3 heteroatoms. The van der Waals surface area contributed by atoms with Gasteiger partial charge in [0.2, 0.25) is 0 Å². The molecular weight excluding hydrogens is 188 g/mol. The van der Waals surface area contributed by atoms with Gasteiger partial charge in [-0.05, 0) is 17.7 Å². The molecule has 1 heterocycles. The third kappa shape index (κ3) is 1.72. The third-order valence-corrected chi connectivity index (χ3v) is 4.89. The molecular formula is C9H10OS2. The Morgan fingerprint density at radius 1 is 1.08 bits per heavy atom. The summed E-state index contributed by atoms with van der Waals surface area (Å²) in [6, 6.07) is 7.53. The highest BCUT2D eigenvalue weighted by atomic mass is 32.2. The molecule has 1 aliphatic heterocycles. The van der Waals surface area contributed by atoms with Crippen molar-refractivity contribution in [2.24, 2.45) is 0 Å². The van der Waals surface area contributed by atoms with E-state index in [4.69, 9.17) is 5.11 Å². The summed E-state index contributed by atoms with van der Waals surface area (Å²) in [5, 5.41) is 9.09. The molecule has 64 valence electrons. The van der Waals surface area contributed by atoms with Crippen molar-refractivity contribution in [1.29, 1.82) is 0 Å². The number of rotatable bonds is 1. The first kappa shape index (κ1) is 8.32. The quantitative estimate of drug-likeness (QED) is 0.749. The molecule has 1 aromatic carbocycles. The lowest BCUT2D eigenvalue weighted by Gasteiger charge is -2.07. The Hall–Kier alpha value is -0.280. The van der Waals surface area contributed by atoms with E-state index in [1.165, 1.54) is 17.1 Å². The second-order valence-electron chi connectivity index (χ2n) is 2.67. The third-order valence-electron chi connectivity index (χ3n) is 1.79. The smallest absolute Gasteiger partial charge is 0.115 e. The Morgan fingerprint density at radius 2 is 1.67 bits per heavy atom. The molecule has 1 fully saturated rings. The monoisotopic (exact) mass is 198 g/mol. The van der Waals surface area contributed by atoms with Crippen LogP contribution in [-0.2, 0) is 0 Å². The minimum Gasteiger partial charge on any atom is -0.508 e. The molecule has 0 unspecified atom stereocenters. The highest BCUT2D eigenvalue weighted by Crippen LogP contribution is 2.45. The van der Waals surface area contributed by atoms with Crippen LogP contribution in [0.5, 0.6) is 5.75 Å². The van der Waals surface area contributed by atoms with Crippen LogP contribution >= 0.6 is 23.5 Å². The Bertz CT molecular complexity index is 252. The van der Waals surface area contributed by atoms with Gasteiger partial charge in [-0.25, -0.2) is 0 Å². The van der Waals surface area contributed by atoms with Crippen LogP contribution in [0, 0.1) is 0 Å². The van der Waals surface area contributed by atoms with E-state index in [0.29, 0.717) is 10.3 Å². The molecule has 0 bridgehead atoms. The van der Waals surface area contributed by atoms with Gasteiger partial charge in [0.1, 0.15) is 5.75 Å². The average molecular weight is 198 g/mol. The summed E-state index contributed by atoms with van der Waals surface area (Å²) >= 11 is 3.97. The lowest BCUT2D eigenvalue weighted by molar-refractivity contribution is 0.475. The van der Waals surface area contributed by atoms with Gasteiger partial charge >= 0.3 is 0 Å². The van der Waals surface area contributed by atoms with Crippen LogP contribution in [0.4, 0.5) is 0 Å². The fraction of sp³-hybridized carbons (Fsp3) is 0.333. The molecule has 1 N–H and O–H groups in total. The van der Waals surface area contributed by atoms with Crippen molar-refractivity contribution in [3.05, 3.63) is 29.8 Å². The predicted octanol–water partition coefficient (Wildman–Crippen LogP) is 2.87. The molecule has 0 aliphatic carbocycles. The number of hydrogen-bond donors (Lipinski definition) is 1. The fourth-order valence-corrected chi connectivity index (χ4v) is 4.04. The van der Waals surface area contributed by atoms with Crippen molar-refractivity contribution in [3.63, 3.8) is 0 Å². The topological polar surface area (TPSA) is 20.2 Å². The Morgan fingerprint density at radius 3 is 2.25 bits per heavy atom. The SMILES string of the molecule is Oc1ccc(C2SCCS2)cc1. The van der Waals surface area contributed by atoms with Crippen molar-refractivity contribution < 1.29 is 5.11 Å². The Labute approximate surface area is 80.6 Å². The molecule has 0 spiro atoms. The first-order valence-corrected chi connectivity index (χ1v) is 5.98. The van der Waals surface area contributed by atoms with Crippen molar-refractivity contribution in [2.45, 2.75) is 4.58 Å². The van der Waals surface area contributed by atoms with Gasteiger partial charge in [-0.1, -0.05) is 12.1 Å². The minimum atomic E-state index is 0.353. The Balaban J connectivity index is 2.17. The molecule has 2 rings (SSSR count). The first-order valence-electron chi connectivity index (χ1n) is 3.88. The molecule has 0 amide bonds. The van der Waals surface area contributed by atoms with Crippen LogP contribution in [0.25, 0.3) is 0 Å². The zero-order valence-electron chi connectivity index (χ0n) is 6.56. The van der Waals surface area contributed by atoms with Gasteiger partial charge in [-0.2, -0.15) is 0 Å². The van der Waals surface area contributed by atoms with Crippen molar-refractivity contribution in [3.8, 4) is 5.75 Å². The van der Waals surface area contributed by atoms with Gasteiger partial charge in [-0.3, -0.25) is 0 Å². The van der Waals surface area contributed by atoms with Crippen molar-refractivity contribution >= 4 is 23.5 Å². The van der Waals surface area contributed by atoms with Crippen LogP contribution < -0.4 is 0 Å². The van der Waals surface area contributed by atoms with Crippen LogP contribution in [0.15, 0.2) is 24.3 Å². The van der Waals surface area contributed by atoms with E-state index in [1.807, 2.05) is 35.7 Å². The first-order chi connectivity index (χ1) is 5.86. The van der Waals surface area contributed by atoms with E-state index in [2.05, 4.69) is 0 Å². The number of hydrogen-bond acceptors (Lipinski definition) is 3.